The Hall–Kier alpha value is -2.37. The number of likely N-dealkylation sites (N-methyl/N-ethyl adjacent to an activating group) is 1. The zero-order valence-electron chi connectivity index (χ0n) is 14.4. The highest BCUT2D eigenvalue weighted by atomic mass is 16.4. The summed E-state index contributed by atoms with van der Waals surface area (Å²) >= 11 is 0. The van der Waals surface area contributed by atoms with Gasteiger partial charge in [0.2, 0.25) is 5.91 Å². The van der Waals surface area contributed by atoms with Crippen molar-refractivity contribution in [2.75, 3.05) is 13.6 Å². The summed E-state index contributed by atoms with van der Waals surface area (Å²) in [6.07, 6.45) is 1.25. The van der Waals surface area contributed by atoms with Gasteiger partial charge in [0.05, 0.1) is 0 Å². The van der Waals surface area contributed by atoms with Gasteiger partial charge in [-0.3, -0.25) is 14.4 Å². The second-order valence-electron chi connectivity index (χ2n) is 5.57. The molecule has 2 N–H and O–H groups in total. The lowest BCUT2D eigenvalue weighted by molar-refractivity contribution is -0.139. The maximum atomic E-state index is 12.3. The van der Waals surface area contributed by atoms with E-state index in [0.717, 1.165) is 0 Å². The van der Waals surface area contributed by atoms with Crippen LogP contribution in [-0.2, 0) is 9.59 Å². The van der Waals surface area contributed by atoms with Crippen LogP contribution in [0, 0.1) is 0 Å². The van der Waals surface area contributed by atoms with Crippen LogP contribution in [0.2, 0.25) is 0 Å². The van der Waals surface area contributed by atoms with E-state index in [0.29, 0.717) is 5.56 Å². The Labute approximate surface area is 137 Å². The maximum Gasteiger partial charge on any atom is 0.322 e. The molecule has 2 amide bonds. The average molecular weight is 322 g/mol. The SMILES string of the molecule is CCC.CN(C(=O)c1ccccc1)C(C)(C)C(=O)NCC(=O)O. The van der Waals surface area contributed by atoms with E-state index in [-0.39, 0.29) is 5.91 Å². The predicted molar refractivity (Wildman–Crippen MR) is 89.2 cm³/mol. The molecule has 0 aliphatic carbocycles. The summed E-state index contributed by atoms with van der Waals surface area (Å²) < 4.78 is 0. The van der Waals surface area contributed by atoms with E-state index in [1.54, 1.807) is 44.2 Å². The second kappa shape index (κ2) is 9.61. The van der Waals surface area contributed by atoms with Crippen molar-refractivity contribution in [3.8, 4) is 0 Å². The van der Waals surface area contributed by atoms with Crippen molar-refractivity contribution >= 4 is 17.8 Å². The van der Waals surface area contributed by atoms with E-state index in [1.165, 1.54) is 18.4 Å². The molecule has 0 heterocycles. The number of carbonyl (C=O) groups is 3. The molecule has 0 bridgehead atoms. The van der Waals surface area contributed by atoms with Crippen molar-refractivity contribution in [2.24, 2.45) is 0 Å². The van der Waals surface area contributed by atoms with Crippen molar-refractivity contribution in [1.29, 1.82) is 0 Å². The Morgan fingerprint density at radius 2 is 1.61 bits per heavy atom. The van der Waals surface area contributed by atoms with Gasteiger partial charge in [-0.2, -0.15) is 0 Å². The van der Waals surface area contributed by atoms with Crippen LogP contribution in [0.5, 0.6) is 0 Å². The highest BCUT2D eigenvalue weighted by Crippen LogP contribution is 2.16. The zero-order chi connectivity index (χ0) is 18.0. The monoisotopic (exact) mass is 322 g/mol. The van der Waals surface area contributed by atoms with Crippen LogP contribution in [0.15, 0.2) is 30.3 Å². The molecule has 6 heteroatoms. The molecule has 6 nitrogen and oxygen atoms in total. The number of carboxylic acids is 1. The molecule has 1 aromatic rings. The van der Waals surface area contributed by atoms with E-state index in [4.69, 9.17) is 5.11 Å². The third-order valence-corrected chi connectivity index (χ3v) is 3.12. The lowest BCUT2D eigenvalue weighted by atomic mass is 10.0. The van der Waals surface area contributed by atoms with Crippen LogP contribution in [0.1, 0.15) is 44.5 Å². The maximum absolute atomic E-state index is 12.3. The van der Waals surface area contributed by atoms with Crippen LogP contribution in [0.3, 0.4) is 0 Å². The fraction of sp³-hybridized carbons (Fsp3) is 0.471. The molecule has 0 fully saturated rings. The summed E-state index contributed by atoms with van der Waals surface area (Å²) in [5.74, 6) is -1.96. The topological polar surface area (TPSA) is 86.7 Å². The first kappa shape index (κ1) is 20.6. The number of amides is 2. The van der Waals surface area contributed by atoms with Gasteiger partial charge in [0.1, 0.15) is 12.1 Å². The largest absolute Gasteiger partial charge is 0.480 e. The van der Waals surface area contributed by atoms with Crippen molar-refractivity contribution in [2.45, 2.75) is 39.7 Å². The fourth-order valence-electron chi connectivity index (χ4n) is 1.55. The first-order chi connectivity index (χ1) is 10.7. The summed E-state index contributed by atoms with van der Waals surface area (Å²) in [5, 5.41) is 10.8. The number of carboxylic acid groups (broad SMARTS) is 1. The van der Waals surface area contributed by atoms with Gasteiger partial charge in [-0.25, -0.2) is 0 Å². The molecular weight excluding hydrogens is 296 g/mol. The third-order valence-electron chi connectivity index (χ3n) is 3.12. The average Bonchev–Trinajstić information content (AvgIpc) is 2.52. The minimum absolute atomic E-state index is 0.305. The molecule has 23 heavy (non-hydrogen) atoms. The van der Waals surface area contributed by atoms with Crippen LogP contribution < -0.4 is 5.32 Å². The number of nitrogens with one attached hydrogen (secondary N) is 1. The molecule has 128 valence electrons. The molecule has 0 unspecified atom stereocenters. The van der Waals surface area contributed by atoms with E-state index in [2.05, 4.69) is 19.2 Å². The predicted octanol–water partition coefficient (Wildman–Crippen LogP) is 2.15. The van der Waals surface area contributed by atoms with Gasteiger partial charge in [-0.15, -0.1) is 0 Å². The summed E-state index contributed by atoms with van der Waals surface area (Å²) in [4.78, 5) is 36.0. The Morgan fingerprint density at radius 3 is 2.04 bits per heavy atom. The van der Waals surface area contributed by atoms with Gasteiger partial charge in [-0.05, 0) is 26.0 Å². The van der Waals surface area contributed by atoms with Gasteiger partial charge in [-0.1, -0.05) is 38.5 Å². The van der Waals surface area contributed by atoms with Gasteiger partial charge >= 0.3 is 5.97 Å². The lowest BCUT2D eigenvalue weighted by Crippen LogP contribution is -2.56. The van der Waals surface area contributed by atoms with Gasteiger partial charge in [0.15, 0.2) is 0 Å². The van der Waals surface area contributed by atoms with Crippen molar-refractivity contribution in [3.05, 3.63) is 35.9 Å². The molecule has 0 atom stereocenters. The first-order valence-electron chi connectivity index (χ1n) is 7.51. The minimum atomic E-state index is -1.15. The third kappa shape index (κ3) is 6.50. The van der Waals surface area contributed by atoms with Gasteiger partial charge in [0.25, 0.3) is 5.91 Å². The molecule has 1 aromatic carbocycles. The number of hydrogen-bond acceptors (Lipinski definition) is 3. The quantitative estimate of drug-likeness (QED) is 0.869. The van der Waals surface area contributed by atoms with Crippen LogP contribution in [0.25, 0.3) is 0 Å². The molecule has 1 rings (SSSR count). The fourth-order valence-corrected chi connectivity index (χ4v) is 1.55. The lowest BCUT2D eigenvalue weighted by Gasteiger charge is -2.34. The smallest absolute Gasteiger partial charge is 0.322 e. The Kier molecular flexibility index (Phi) is 8.62. The van der Waals surface area contributed by atoms with Gasteiger partial charge in [0, 0.05) is 12.6 Å². The minimum Gasteiger partial charge on any atom is -0.480 e. The van der Waals surface area contributed by atoms with E-state index < -0.39 is 24.0 Å². The van der Waals surface area contributed by atoms with Gasteiger partial charge < -0.3 is 15.3 Å². The summed E-state index contributed by atoms with van der Waals surface area (Å²) in [6, 6.07) is 8.58. The highest BCUT2D eigenvalue weighted by molar-refractivity contribution is 5.99. The Bertz CT molecular complexity index is 527. The Balaban J connectivity index is 0.00000149. The number of benzene rings is 1. The molecule has 0 saturated carbocycles. The highest BCUT2D eigenvalue weighted by Gasteiger charge is 2.35. The zero-order valence-corrected chi connectivity index (χ0v) is 14.4. The molecular formula is C17H26N2O4. The van der Waals surface area contributed by atoms with E-state index in [9.17, 15) is 14.4 Å². The van der Waals surface area contributed by atoms with E-state index >= 15 is 0 Å². The molecule has 0 aromatic heterocycles. The number of nitrogens with zero attached hydrogens (tertiary/aromatic N) is 1. The normalized spacial score (nSPS) is 10.1. The second-order valence-corrected chi connectivity index (χ2v) is 5.57. The summed E-state index contributed by atoms with van der Waals surface area (Å²) in [7, 11) is 1.51. The van der Waals surface area contributed by atoms with Crippen molar-refractivity contribution < 1.29 is 19.5 Å². The molecule has 0 radical (unpaired) electrons. The first-order valence-corrected chi connectivity index (χ1v) is 7.51. The van der Waals surface area contributed by atoms with Crippen LogP contribution in [0.4, 0.5) is 0 Å². The molecule has 0 aliphatic heterocycles. The number of hydrogen-bond donors (Lipinski definition) is 2. The summed E-state index contributed by atoms with van der Waals surface area (Å²) in [6.45, 7) is 6.89. The van der Waals surface area contributed by atoms with Crippen LogP contribution in [-0.4, -0.2) is 46.9 Å². The molecule has 0 saturated heterocycles. The summed E-state index contributed by atoms with van der Waals surface area (Å²) in [5.41, 5.74) is -0.684. The number of aliphatic carboxylic acids is 1. The van der Waals surface area contributed by atoms with E-state index in [1.807, 2.05) is 0 Å². The standard InChI is InChI=1S/C14H18N2O4.C3H8/c1-14(2,13(20)15-9-11(17)18)16(3)12(19)10-7-5-4-6-8-10;1-3-2/h4-8H,9H2,1-3H3,(H,15,20)(H,17,18);3H2,1-2H3. The Morgan fingerprint density at radius 1 is 1.13 bits per heavy atom. The van der Waals surface area contributed by atoms with Crippen molar-refractivity contribution in [1.82, 2.24) is 10.2 Å². The number of rotatable bonds is 5. The number of carbonyl (C=O) groups excluding carboxylic acids is 2. The van der Waals surface area contributed by atoms with Crippen molar-refractivity contribution in [3.63, 3.8) is 0 Å². The van der Waals surface area contributed by atoms with Crippen LogP contribution >= 0.6 is 0 Å². The molecule has 0 aliphatic rings. The molecule has 0 spiro atoms.